The van der Waals surface area contributed by atoms with E-state index in [1.54, 1.807) is 18.3 Å². The van der Waals surface area contributed by atoms with Crippen LogP contribution >= 0.6 is 34.5 Å². The lowest BCUT2D eigenvalue weighted by Crippen LogP contribution is -1.93. The van der Waals surface area contributed by atoms with Crippen LogP contribution in [0.3, 0.4) is 0 Å². The van der Waals surface area contributed by atoms with Crippen LogP contribution < -0.4 is 4.74 Å². The molecule has 2 aromatic rings. The number of halogens is 2. The van der Waals surface area contributed by atoms with Gasteiger partial charge < -0.3 is 4.74 Å². The molecule has 0 aliphatic carbocycles. The first-order valence-corrected chi connectivity index (χ1v) is 5.80. The topological polar surface area (TPSA) is 22.1 Å². The zero-order valence-corrected chi connectivity index (χ0v) is 9.94. The second-order valence-electron chi connectivity index (χ2n) is 2.79. The van der Waals surface area contributed by atoms with E-state index in [0.717, 1.165) is 9.21 Å². The Morgan fingerprint density at radius 3 is 2.80 bits per heavy atom. The summed E-state index contributed by atoms with van der Waals surface area (Å²) in [4.78, 5) is 4.97. The van der Waals surface area contributed by atoms with Crippen LogP contribution in [0.4, 0.5) is 0 Å². The smallest absolute Gasteiger partial charge is 0.171 e. The molecule has 0 amide bonds. The zero-order valence-electron chi connectivity index (χ0n) is 7.61. The van der Waals surface area contributed by atoms with Gasteiger partial charge in [-0.05, 0) is 24.3 Å². The minimum atomic E-state index is 0.375. The largest absolute Gasteiger partial charge is 0.485 e. The maximum absolute atomic E-state index is 5.84. The summed E-state index contributed by atoms with van der Waals surface area (Å²) in [7, 11) is 0. The van der Waals surface area contributed by atoms with Gasteiger partial charge in [-0.2, -0.15) is 0 Å². The minimum absolute atomic E-state index is 0.375. The van der Waals surface area contributed by atoms with Crippen molar-refractivity contribution in [3.63, 3.8) is 0 Å². The molecule has 0 unspecified atom stereocenters. The van der Waals surface area contributed by atoms with Gasteiger partial charge in [-0.1, -0.05) is 23.2 Å². The molecule has 0 saturated heterocycles. The first-order chi connectivity index (χ1) is 7.25. The van der Waals surface area contributed by atoms with Gasteiger partial charge in [0.1, 0.15) is 6.61 Å². The van der Waals surface area contributed by atoms with Gasteiger partial charge in [0.15, 0.2) is 10.9 Å². The van der Waals surface area contributed by atoms with E-state index in [4.69, 9.17) is 27.9 Å². The molecular weight excluding hydrogens is 253 g/mol. The van der Waals surface area contributed by atoms with Crippen molar-refractivity contribution in [1.29, 1.82) is 0 Å². The number of hydrogen-bond donors (Lipinski definition) is 0. The summed E-state index contributed by atoms with van der Waals surface area (Å²) >= 11 is 13.1. The number of nitrogens with zero attached hydrogens (tertiary/aromatic N) is 1. The Morgan fingerprint density at radius 1 is 1.27 bits per heavy atom. The summed E-state index contributed by atoms with van der Waals surface area (Å²) in [5.74, 6) is 0.587. The lowest BCUT2D eigenvalue weighted by Gasteiger charge is -2.04. The van der Waals surface area contributed by atoms with E-state index >= 15 is 0 Å². The predicted octanol–water partition coefficient (Wildman–Crippen LogP) is 4.03. The molecule has 0 N–H and O–H groups in total. The molecule has 5 heteroatoms. The van der Waals surface area contributed by atoms with E-state index in [1.807, 2.05) is 12.1 Å². The van der Waals surface area contributed by atoms with Crippen molar-refractivity contribution in [2.45, 2.75) is 6.61 Å². The molecule has 0 aliphatic rings. The lowest BCUT2D eigenvalue weighted by atomic mass is 10.4. The van der Waals surface area contributed by atoms with Crippen LogP contribution in [-0.2, 0) is 6.61 Å². The Labute approximate surface area is 101 Å². The second-order valence-corrected chi connectivity index (χ2v) is 4.94. The third kappa shape index (κ3) is 2.84. The summed E-state index contributed by atoms with van der Waals surface area (Å²) in [5, 5.41) is 0.375. The molecule has 2 aromatic heterocycles. The Kier molecular flexibility index (Phi) is 3.46. The molecule has 2 rings (SSSR count). The maximum atomic E-state index is 5.84. The van der Waals surface area contributed by atoms with Gasteiger partial charge in [-0.15, -0.1) is 11.3 Å². The van der Waals surface area contributed by atoms with E-state index < -0.39 is 0 Å². The first-order valence-electron chi connectivity index (χ1n) is 4.23. The SMILES string of the molecule is Clc1ccc(COc2cccnc2Cl)s1. The van der Waals surface area contributed by atoms with Gasteiger partial charge in [0, 0.05) is 11.1 Å². The normalized spacial score (nSPS) is 10.3. The van der Waals surface area contributed by atoms with E-state index in [0.29, 0.717) is 17.5 Å². The van der Waals surface area contributed by atoms with Crippen LogP contribution in [0.2, 0.25) is 9.49 Å². The highest BCUT2D eigenvalue weighted by atomic mass is 35.5. The number of thiophene rings is 1. The van der Waals surface area contributed by atoms with Crippen LogP contribution in [0.1, 0.15) is 4.88 Å². The third-order valence-electron chi connectivity index (χ3n) is 1.72. The molecule has 0 radical (unpaired) electrons. The van der Waals surface area contributed by atoms with E-state index in [9.17, 15) is 0 Å². The predicted molar refractivity (Wildman–Crippen MR) is 62.9 cm³/mol. The number of pyridine rings is 1. The van der Waals surface area contributed by atoms with Crippen molar-refractivity contribution < 1.29 is 4.74 Å². The molecule has 2 heterocycles. The molecule has 0 spiro atoms. The van der Waals surface area contributed by atoms with Gasteiger partial charge in [0.25, 0.3) is 0 Å². The molecular formula is C10H7Cl2NOS. The molecule has 0 aliphatic heterocycles. The molecule has 15 heavy (non-hydrogen) atoms. The molecule has 78 valence electrons. The number of aromatic nitrogens is 1. The van der Waals surface area contributed by atoms with Crippen LogP contribution in [0.15, 0.2) is 30.5 Å². The molecule has 0 saturated carbocycles. The van der Waals surface area contributed by atoms with Crippen LogP contribution in [0.25, 0.3) is 0 Å². The summed E-state index contributed by atoms with van der Waals surface area (Å²) in [6, 6.07) is 7.33. The number of rotatable bonds is 3. The van der Waals surface area contributed by atoms with E-state index in [-0.39, 0.29) is 0 Å². The molecule has 2 nitrogen and oxygen atoms in total. The van der Waals surface area contributed by atoms with Gasteiger partial charge in [0.05, 0.1) is 4.34 Å². The van der Waals surface area contributed by atoms with Gasteiger partial charge in [-0.3, -0.25) is 0 Å². The Morgan fingerprint density at radius 2 is 2.13 bits per heavy atom. The van der Waals surface area contributed by atoms with Crippen molar-refractivity contribution in [2.24, 2.45) is 0 Å². The fourth-order valence-corrected chi connectivity index (χ4v) is 2.23. The van der Waals surface area contributed by atoms with Crippen molar-refractivity contribution in [2.75, 3.05) is 0 Å². The van der Waals surface area contributed by atoms with E-state index in [1.165, 1.54) is 11.3 Å². The Bertz CT molecular complexity index is 458. The zero-order chi connectivity index (χ0) is 10.7. The van der Waals surface area contributed by atoms with E-state index in [2.05, 4.69) is 4.98 Å². The Balaban J connectivity index is 2.02. The first kappa shape index (κ1) is 10.7. The van der Waals surface area contributed by atoms with Crippen molar-refractivity contribution >= 4 is 34.5 Å². The van der Waals surface area contributed by atoms with Crippen LogP contribution in [-0.4, -0.2) is 4.98 Å². The minimum Gasteiger partial charge on any atom is -0.485 e. The highest BCUT2D eigenvalue weighted by Crippen LogP contribution is 2.25. The monoisotopic (exact) mass is 259 g/mol. The average Bonchev–Trinajstić information content (AvgIpc) is 2.63. The highest BCUT2D eigenvalue weighted by Gasteiger charge is 2.03. The number of hydrogen-bond acceptors (Lipinski definition) is 3. The summed E-state index contributed by atoms with van der Waals surface area (Å²) in [5.41, 5.74) is 0. The molecule has 0 aromatic carbocycles. The van der Waals surface area contributed by atoms with Gasteiger partial charge in [-0.25, -0.2) is 4.98 Å². The lowest BCUT2D eigenvalue weighted by molar-refractivity contribution is 0.309. The quantitative estimate of drug-likeness (QED) is 0.777. The van der Waals surface area contributed by atoms with Crippen molar-refractivity contribution in [1.82, 2.24) is 4.98 Å². The fraction of sp³-hybridized carbons (Fsp3) is 0.100. The molecule has 0 fully saturated rings. The summed E-state index contributed by atoms with van der Waals surface area (Å²) < 4.78 is 6.25. The standard InChI is InChI=1S/C10H7Cl2NOS/c11-9-4-3-7(15-9)6-14-8-2-1-5-13-10(8)12/h1-5H,6H2. The second kappa shape index (κ2) is 4.84. The van der Waals surface area contributed by atoms with Crippen LogP contribution in [0, 0.1) is 0 Å². The highest BCUT2D eigenvalue weighted by molar-refractivity contribution is 7.16. The average molecular weight is 260 g/mol. The fourth-order valence-electron chi connectivity index (χ4n) is 1.06. The number of ether oxygens (including phenoxy) is 1. The molecule has 0 atom stereocenters. The van der Waals surface area contributed by atoms with Crippen LogP contribution in [0.5, 0.6) is 5.75 Å². The Hall–Kier alpha value is -0.770. The molecule has 0 bridgehead atoms. The van der Waals surface area contributed by atoms with Gasteiger partial charge >= 0.3 is 0 Å². The van der Waals surface area contributed by atoms with Crippen molar-refractivity contribution in [3.05, 3.63) is 44.8 Å². The van der Waals surface area contributed by atoms with Gasteiger partial charge in [0.2, 0.25) is 0 Å². The third-order valence-corrected chi connectivity index (χ3v) is 3.21. The maximum Gasteiger partial charge on any atom is 0.171 e. The summed E-state index contributed by atoms with van der Waals surface area (Å²) in [6.45, 7) is 0.461. The summed E-state index contributed by atoms with van der Waals surface area (Å²) in [6.07, 6.45) is 1.62. The van der Waals surface area contributed by atoms with Crippen molar-refractivity contribution in [3.8, 4) is 5.75 Å².